The second-order valence-electron chi connectivity index (χ2n) is 10.5. The first-order chi connectivity index (χ1) is 16.9. The first-order valence-electron chi connectivity index (χ1n) is 12.0. The smallest absolute Gasteiger partial charge is 0.410 e. The van der Waals surface area contributed by atoms with Crippen LogP contribution in [0.15, 0.2) is 54.6 Å². The lowest BCUT2D eigenvalue weighted by Gasteiger charge is -2.43. The number of ether oxygens (including phenoxy) is 1. The van der Waals surface area contributed by atoms with Crippen LogP contribution in [0.4, 0.5) is 16.2 Å². The number of amides is 2. The van der Waals surface area contributed by atoms with Crippen molar-refractivity contribution >= 4 is 33.4 Å². The van der Waals surface area contributed by atoms with Gasteiger partial charge in [0.1, 0.15) is 11.1 Å². The number of anilines is 2. The minimum atomic E-state index is -3.36. The summed E-state index contributed by atoms with van der Waals surface area (Å²) in [7, 11) is -3.36. The van der Waals surface area contributed by atoms with Crippen LogP contribution in [0.2, 0.25) is 0 Å². The summed E-state index contributed by atoms with van der Waals surface area (Å²) in [5.74, 6) is 0.0357. The lowest BCUT2D eigenvalue weighted by Crippen LogP contribution is -2.57. The summed E-state index contributed by atoms with van der Waals surface area (Å²) < 4.78 is 31.0. The van der Waals surface area contributed by atoms with Crippen molar-refractivity contribution in [1.29, 1.82) is 0 Å². The highest BCUT2D eigenvalue weighted by Gasteiger charge is 2.54. The van der Waals surface area contributed by atoms with Crippen LogP contribution >= 0.6 is 0 Å². The standard InChI is InChI=1S/C26H34N4O5S/c1-25(2,3)35-24(32)28-16-14-26(15-17-28)23(31)29(19-30(26)22-8-6-5-7-9-22)18-20-10-12-21(13-11-20)27-36(4,33)34/h5-13,27H,14-19H2,1-4H3. The van der Waals surface area contributed by atoms with Crippen molar-refractivity contribution in [3.63, 3.8) is 0 Å². The van der Waals surface area contributed by atoms with Gasteiger partial charge in [0.2, 0.25) is 15.9 Å². The molecule has 2 heterocycles. The Hall–Kier alpha value is -3.27. The Bertz CT molecular complexity index is 1200. The average molecular weight is 515 g/mol. The maximum absolute atomic E-state index is 13.9. The van der Waals surface area contributed by atoms with Crippen molar-refractivity contribution in [3.05, 3.63) is 60.2 Å². The SMILES string of the molecule is CC(C)(C)OC(=O)N1CCC2(CC1)C(=O)N(Cc1ccc(NS(C)(=O)=O)cc1)CN2c1ccccc1. The quantitative estimate of drug-likeness (QED) is 0.654. The van der Waals surface area contributed by atoms with Gasteiger partial charge >= 0.3 is 6.09 Å². The minimum Gasteiger partial charge on any atom is -0.444 e. The molecule has 0 saturated carbocycles. The molecule has 1 N–H and O–H groups in total. The number of hydrogen-bond acceptors (Lipinski definition) is 6. The molecule has 2 aromatic rings. The normalized spacial score (nSPS) is 18.0. The van der Waals surface area contributed by atoms with E-state index in [0.717, 1.165) is 17.5 Å². The van der Waals surface area contributed by atoms with Crippen LogP contribution in [0.1, 0.15) is 39.2 Å². The monoisotopic (exact) mass is 514 g/mol. The number of carbonyl (C=O) groups excluding carboxylic acids is 2. The van der Waals surface area contributed by atoms with E-state index in [1.165, 1.54) is 0 Å². The van der Waals surface area contributed by atoms with E-state index in [4.69, 9.17) is 4.74 Å². The summed E-state index contributed by atoms with van der Waals surface area (Å²) in [4.78, 5) is 32.2. The second-order valence-corrected chi connectivity index (χ2v) is 12.2. The van der Waals surface area contributed by atoms with E-state index in [1.54, 1.807) is 17.0 Å². The summed E-state index contributed by atoms with van der Waals surface area (Å²) in [6.07, 6.45) is 1.77. The molecule has 2 fully saturated rings. The van der Waals surface area contributed by atoms with Crippen LogP contribution in [-0.2, 0) is 26.1 Å². The fraction of sp³-hybridized carbons (Fsp3) is 0.462. The highest BCUT2D eigenvalue weighted by atomic mass is 32.2. The molecule has 2 aromatic carbocycles. The first kappa shape index (κ1) is 25.8. The molecule has 36 heavy (non-hydrogen) atoms. The molecule has 194 valence electrons. The molecule has 0 unspecified atom stereocenters. The van der Waals surface area contributed by atoms with E-state index in [9.17, 15) is 18.0 Å². The molecule has 2 aliphatic heterocycles. The molecule has 0 radical (unpaired) electrons. The molecule has 2 amide bonds. The van der Waals surface area contributed by atoms with Crippen LogP contribution in [0, 0.1) is 0 Å². The Morgan fingerprint density at radius 3 is 2.19 bits per heavy atom. The zero-order valence-corrected chi connectivity index (χ0v) is 22.0. The Balaban J connectivity index is 1.53. The van der Waals surface area contributed by atoms with Gasteiger partial charge in [0, 0.05) is 31.0 Å². The third kappa shape index (κ3) is 5.75. The number of nitrogens with zero attached hydrogens (tertiary/aromatic N) is 3. The van der Waals surface area contributed by atoms with Gasteiger partial charge in [0.05, 0.1) is 12.9 Å². The molecular weight excluding hydrogens is 480 g/mol. The van der Waals surface area contributed by atoms with Gasteiger partial charge in [-0.3, -0.25) is 9.52 Å². The predicted octanol–water partition coefficient (Wildman–Crippen LogP) is 3.63. The van der Waals surface area contributed by atoms with E-state index in [-0.39, 0.29) is 12.0 Å². The minimum absolute atomic E-state index is 0.0357. The summed E-state index contributed by atoms with van der Waals surface area (Å²) in [5.41, 5.74) is 1.03. The molecule has 2 aliphatic rings. The third-order valence-electron chi connectivity index (χ3n) is 6.45. The topological polar surface area (TPSA) is 99.3 Å². The number of carbonyl (C=O) groups is 2. The number of sulfonamides is 1. The Labute approximate surface area is 213 Å². The van der Waals surface area contributed by atoms with Crippen LogP contribution < -0.4 is 9.62 Å². The van der Waals surface area contributed by atoms with Gasteiger partial charge in [0.15, 0.2) is 0 Å². The molecule has 2 saturated heterocycles. The van der Waals surface area contributed by atoms with Gasteiger partial charge in [0.25, 0.3) is 0 Å². The molecule has 0 aliphatic carbocycles. The van der Waals surface area contributed by atoms with E-state index in [1.807, 2.05) is 68.1 Å². The molecule has 10 heteroatoms. The highest BCUT2D eigenvalue weighted by Crippen LogP contribution is 2.40. The maximum atomic E-state index is 13.9. The van der Waals surface area contributed by atoms with Gasteiger partial charge in [-0.2, -0.15) is 0 Å². The number of rotatable bonds is 5. The van der Waals surface area contributed by atoms with E-state index in [2.05, 4.69) is 9.62 Å². The van der Waals surface area contributed by atoms with Gasteiger partial charge in [-0.1, -0.05) is 30.3 Å². The van der Waals surface area contributed by atoms with Crippen molar-refractivity contribution in [2.45, 2.75) is 51.3 Å². The number of para-hydroxylation sites is 1. The van der Waals surface area contributed by atoms with Gasteiger partial charge in [-0.15, -0.1) is 0 Å². The summed E-state index contributed by atoms with van der Waals surface area (Å²) in [5, 5.41) is 0. The Kier molecular flexibility index (Phi) is 6.92. The fourth-order valence-electron chi connectivity index (χ4n) is 4.82. The Morgan fingerprint density at radius 2 is 1.64 bits per heavy atom. The molecule has 4 rings (SSSR count). The molecule has 0 aromatic heterocycles. The largest absolute Gasteiger partial charge is 0.444 e. The lowest BCUT2D eigenvalue weighted by atomic mass is 9.85. The number of piperidine rings is 1. The van der Waals surface area contributed by atoms with E-state index < -0.39 is 21.2 Å². The summed E-state index contributed by atoms with van der Waals surface area (Å²) in [6, 6.07) is 16.9. The van der Waals surface area contributed by atoms with Crippen molar-refractivity contribution in [2.24, 2.45) is 0 Å². The lowest BCUT2D eigenvalue weighted by molar-refractivity contribution is -0.134. The van der Waals surface area contributed by atoms with Crippen molar-refractivity contribution < 1.29 is 22.7 Å². The molecule has 1 spiro atoms. The van der Waals surface area contributed by atoms with E-state index in [0.29, 0.717) is 44.8 Å². The van der Waals surface area contributed by atoms with Crippen LogP contribution in [-0.4, -0.2) is 67.4 Å². The highest BCUT2D eigenvalue weighted by molar-refractivity contribution is 7.92. The zero-order chi connectivity index (χ0) is 26.1. The fourth-order valence-corrected chi connectivity index (χ4v) is 5.38. The third-order valence-corrected chi connectivity index (χ3v) is 7.06. The van der Waals surface area contributed by atoms with Crippen molar-refractivity contribution in [3.8, 4) is 0 Å². The second kappa shape index (κ2) is 9.65. The van der Waals surface area contributed by atoms with Crippen LogP contribution in [0.5, 0.6) is 0 Å². The Morgan fingerprint density at radius 1 is 1.03 bits per heavy atom. The van der Waals surface area contributed by atoms with Crippen molar-refractivity contribution in [1.82, 2.24) is 9.80 Å². The van der Waals surface area contributed by atoms with Gasteiger partial charge in [-0.05, 0) is 63.4 Å². The van der Waals surface area contributed by atoms with Crippen LogP contribution in [0.25, 0.3) is 0 Å². The number of likely N-dealkylation sites (tertiary alicyclic amines) is 1. The summed E-state index contributed by atoms with van der Waals surface area (Å²) in [6.45, 7) is 7.23. The number of hydrogen-bond donors (Lipinski definition) is 1. The maximum Gasteiger partial charge on any atom is 0.410 e. The summed E-state index contributed by atoms with van der Waals surface area (Å²) >= 11 is 0. The average Bonchev–Trinajstić information content (AvgIpc) is 3.05. The molecule has 0 bridgehead atoms. The van der Waals surface area contributed by atoms with Crippen LogP contribution in [0.3, 0.4) is 0 Å². The van der Waals surface area contributed by atoms with E-state index >= 15 is 0 Å². The first-order valence-corrected chi connectivity index (χ1v) is 13.9. The molecular formula is C26H34N4O5S. The van der Waals surface area contributed by atoms with Gasteiger partial charge in [-0.25, -0.2) is 13.2 Å². The molecule has 9 nitrogen and oxygen atoms in total. The number of benzene rings is 2. The number of nitrogens with one attached hydrogen (secondary N) is 1. The van der Waals surface area contributed by atoms with Gasteiger partial charge < -0.3 is 19.4 Å². The zero-order valence-electron chi connectivity index (χ0n) is 21.2. The predicted molar refractivity (Wildman–Crippen MR) is 139 cm³/mol. The van der Waals surface area contributed by atoms with Crippen molar-refractivity contribution in [2.75, 3.05) is 35.6 Å². The molecule has 0 atom stereocenters.